The number of non-ortho nitro benzene ring substituents is 1. The van der Waals surface area contributed by atoms with Crippen LogP contribution in [0.4, 0.5) is 10.1 Å². The van der Waals surface area contributed by atoms with Gasteiger partial charge in [-0.05, 0) is 25.7 Å². The maximum atomic E-state index is 13.2. The van der Waals surface area contributed by atoms with Gasteiger partial charge in [-0.1, -0.05) is 12.8 Å². The predicted octanol–water partition coefficient (Wildman–Crippen LogP) is 3.84. The van der Waals surface area contributed by atoms with Crippen LogP contribution in [-0.4, -0.2) is 11.0 Å². The molecule has 0 bridgehead atoms. The molecule has 1 aromatic rings. The minimum absolute atomic E-state index is 0.0499. The Morgan fingerprint density at radius 3 is 2.44 bits per heavy atom. The summed E-state index contributed by atoms with van der Waals surface area (Å²) < 4.78 is 18.9. The molecule has 0 unspecified atom stereocenters. The fraction of sp³-hybridized carbons (Fsp3) is 0.538. The number of benzene rings is 1. The van der Waals surface area contributed by atoms with Gasteiger partial charge in [0.2, 0.25) is 0 Å². The van der Waals surface area contributed by atoms with Crippen molar-refractivity contribution in [2.24, 2.45) is 0 Å². The second kappa shape index (κ2) is 5.80. The van der Waals surface area contributed by atoms with Crippen molar-refractivity contribution in [1.82, 2.24) is 0 Å². The lowest BCUT2D eigenvalue weighted by Gasteiger charge is -2.16. The molecule has 0 radical (unpaired) electrons. The minimum atomic E-state index is -0.632. The van der Waals surface area contributed by atoms with Crippen molar-refractivity contribution in [2.45, 2.75) is 44.6 Å². The van der Waals surface area contributed by atoms with Crippen LogP contribution in [0, 0.1) is 15.9 Å². The number of nitrogens with zero attached hydrogens (tertiary/aromatic N) is 1. The van der Waals surface area contributed by atoms with Gasteiger partial charge >= 0.3 is 0 Å². The molecule has 0 atom stereocenters. The molecule has 5 heteroatoms. The minimum Gasteiger partial charge on any atom is -0.490 e. The van der Waals surface area contributed by atoms with Crippen molar-refractivity contribution in [3.8, 4) is 5.75 Å². The largest absolute Gasteiger partial charge is 0.490 e. The first-order chi connectivity index (χ1) is 8.65. The maximum absolute atomic E-state index is 13.2. The van der Waals surface area contributed by atoms with E-state index in [0.29, 0.717) is 0 Å². The van der Waals surface area contributed by atoms with Crippen LogP contribution in [-0.2, 0) is 0 Å². The fourth-order valence-corrected chi connectivity index (χ4v) is 2.27. The fourth-order valence-electron chi connectivity index (χ4n) is 2.27. The van der Waals surface area contributed by atoms with Crippen LogP contribution in [0.5, 0.6) is 5.75 Å². The summed E-state index contributed by atoms with van der Waals surface area (Å²) in [6, 6.07) is 3.39. The van der Waals surface area contributed by atoms with Gasteiger partial charge in [-0.3, -0.25) is 10.1 Å². The van der Waals surface area contributed by atoms with Crippen LogP contribution in [0.3, 0.4) is 0 Å². The molecule has 4 nitrogen and oxygen atoms in total. The second-order valence-electron chi connectivity index (χ2n) is 4.63. The summed E-state index contributed by atoms with van der Waals surface area (Å²) in [6.45, 7) is 0. The number of hydrogen-bond acceptors (Lipinski definition) is 3. The lowest BCUT2D eigenvalue weighted by atomic mass is 10.1. The van der Waals surface area contributed by atoms with Crippen molar-refractivity contribution in [2.75, 3.05) is 0 Å². The molecule has 2 rings (SSSR count). The number of nitro benzene ring substituents is 1. The highest BCUT2D eigenvalue weighted by atomic mass is 19.1. The number of rotatable bonds is 3. The van der Waals surface area contributed by atoms with E-state index >= 15 is 0 Å². The molecule has 0 heterocycles. The van der Waals surface area contributed by atoms with Crippen LogP contribution in [0.15, 0.2) is 18.2 Å². The molecule has 1 aliphatic carbocycles. The highest BCUT2D eigenvalue weighted by Crippen LogP contribution is 2.26. The van der Waals surface area contributed by atoms with Crippen LogP contribution in [0.2, 0.25) is 0 Å². The van der Waals surface area contributed by atoms with E-state index in [1.165, 1.54) is 25.0 Å². The molecule has 18 heavy (non-hydrogen) atoms. The van der Waals surface area contributed by atoms with Crippen molar-refractivity contribution in [3.63, 3.8) is 0 Å². The quantitative estimate of drug-likeness (QED) is 0.467. The van der Waals surface area contributed by atoms with Crippen molar-refractivity contribution < 1.29 is 14.1 Å². The summed E-state index contributed by atoms with van der Waals surface area (Å²) in [5.74, 6) is -0.374. The third kappa shape index (κ3) is 3.42. The Balaban J connectivity index is 2.10. The van der Waals surface area contributed by atoms with Gasteiger partial charge in [0.25, 0.3) is 5.69 Å². The summed E-state index contributed by atoms with van der Waals surface area (Å²) in [5, 5.41) is 10.6. The Labute approximate surface area is 105 Å². The van der Waals surface area contributed by atoms with Crippen LogP contribution in [0.1, 0.15) is 38.5 Å². The number of nitro groups is 1. The van der Waals surface area contributed by atoms with Gasteiger partial charge in [-0.15, -0.1) is 0 Å². The molecule has 1 fully saturated rings. The molecule has 0 aliphatic heterocycles. The summed E-state index contributed by atoms with van der Waals surface area (Å²) >= 11 is 0. The molecule has 0 spiro atoms. The zero-order valence-corrected chi connectivity index (χ0v) is 10.1. The highest BCUT2D eigenvalue weighted by Gasteiger charge is 2.16. The van der Waals surface area contributed by atoms with Crippen LogP contribution in [0.25, 0.3) is 0 Å². The van der Waals surface area contributed by atoms with E-state index in [2.05, 4.69) is 0 Å². The van der Waals surface area contributed by atoms with Gasteiger partial charge in [0.15, 0.2) is 0 Å². The van der Waals surface area contributed by atoms with E-state index in [1.807, 2.05) is 0 Å². The Morgan fingerprint density at radius 1 is 1.17 bits per heavy atom. The highest BCUT2D eigenvalue weighted by molar-refractivity contribution is 5.39. The Bertz CT molecular complexity index is 428. The van der Waals surface area contributed by atoms with Gasteiger partial charge < -0.3 is 4.74 Å². The van der Waals surface area contributed by atoms with Crippen LogP contribution < -0.4 is 4.74 Å². The lowest BCUT2D eigenvalue weighted by molar-refractivity contribution is -0.385. The van der Waals surface area contributed by atoms with E-state index in [0.717, 1.165) is 31.7 Å². The summed E-state index contributed by atoms with van der Waals surface area (Å²) in [4.78, 5) is 10.0. The first-order valence-corrected chi connectivity index (χ1v) is 6.27. The van der Waals surface area contributed by atoms with Crippen molar-refractivity contribution >= 4 is 5.69 Å². The molecular formula is C13H16FNO3. The lowest BCUT2D eigenvalue weighted by Crippen LogP contribution is -2.15. The Morgan fingerprint density at radius 2 is 1.83 bits per heavy atom. The smallest absolute Gasteiger partial charge is 0.276 e. The summed E-state index contributed by atoms with van der Waals surface area (Å²) in [5.41, 5.74) is -0.265. The van der Waals surface area contributed by atoms with E-state index in [1.54, 1.807) is 0 Å². The van der Waals surface area contributed by atoms with Gasteiger partial charge in [0, 0.05) is 6.07 Å². The van der Waals surface area contributed by atoms with Crippen molar-refractivity contribution in [1.29, 1.82) is 0 Å². The molecular weight excluding hydrogens is 237 g/mol. The zero-order valence-electron chi connectivity index (χ0n) is 10.1. The van der Waals surface area contributed by atoms with E-state index < -0.39 is 10.7 Å². The molecule has 98 valence electrons. The average Bonchev–Trinajstić information content (AvgIpc) is 2.57. The number of hydrogen-bond donors (Lipinski definition) is 0. The molecule has 0 saturated heterocycles. The van der Waals surface area contributed by atoms with Gasteiger partial charge in [0.1, 0.15) is 11.6 Å². The third-order valence-electron chi connectivity index (χ3n) is 3.17. The predicted molar refractivity (Wildman–Crippen MR) is 65.2 cm³/mol. The van der Waals surface area contributed by atoms with Gasteiger partial charge in [0.05, 0.1) is 23.2 Å². The Kier molecular flexibility index (Phi) is 4.12. The second-order valence-corrected chi connectivity index (χ2v) is 4.63. The SMILES string of the molecule is O=[N+]([O-])c1cc(F)cc(OC2CCCCCC2)c1. The first-order valence-electron chi connectivity index (χ1n) is 6.27. The topological polar surface area (TPSA) is 52.4 Å². The first kappa shape index (κ1) is 12.8. The number of halogens is 1. The summed E-state index contributed by atoms with van der Waals surface area (Å²) in [7, 11) is 0. The van der Waals surface area contributed by atoms with Gasteiger partial charge in [-0.25, -0.2) is 4.39 Å². The molecule has 1 saturated carbocycles. The molecule has 1 aliphatic rings. The van der Waals surface area contributed by atoms with Crippen molar-refractivity contribution in [3.05, 3.63) is 34.1 Å². The average molecular weight is 253 g/mol. The monoisotopic (exact) mass is 253 g/mol. The molecule has 0 amide bonds. The molecule has 1 aromatic carbocycles. The standard InChI is InChI=1S/C13H16FNO3/c14-10-7-11(15(16)17)9-13(8-10)18-12-5-3-1-2-4-6-12/h7-9,12H,1-6H2. The Hall–Kier alpha value is -1.65. The molecule has 0 aromatic heterocycles. The normalized spacial score (nSPS) is 17.2. The van der Waals surface area contributed by atoms with Gasteiger partial charge in [-0.2, -0.15) is 0 Å². The molecule has 0 N–H and O–H groups in total. The zero-order chi connectivity index (χ0) is 13.0. The number of ether oxygens (including phenoxy) is 1. The van der Waals surface area contributed by atoms with E-state index in [4.69, 9.17) is 4.74 Å². The summed E-state index contributed by atoms with van der Waals surface area (Å²) in [6.07, 6.45) is 6.51. The van der Waals surface area contributed by atoms with Crippen LogP contribution >= 0.6 is 0 Å². The third-order valence-corrected chi connectivity index (χ3v) is 3.17. The maximum Gasteiger partial charge on any atom is 0.276 e. The van der Waals surface area contributed by atoms with E-state index in [-0.39, 0.29) is 17.5 Å². The van der Waals surface area contributed by atoms with E-state index in [9.17, 15) is 14.5 Å².